The van der Waals surface area contributed by atoms with E-state index in [1.165, 1.54) is 295 Å². The van der Waals surface area contributed by atoms with Crippen LogP contribution >= 0.6 is 0 Å². The molecule has 0 aliphatic carbocycles. The van der Waals surface area contributed by atoms with Crippen molar-refractivity contribution in [3.8, 4) is 0 Å². The van der Waals surface area contributed by atoms with E-state index in [0.29, 0.717) is 25.9 Å². The Hall–Kier alpha value is -1.40. The lowest BCUT2D eigenvalue weighted by atomic mass is 10.0. The average molecular weight is 1020 g/mol. The Morgan fingerprint density at radius 3 is 0.986 bits per heavy atom. The maximum Gasteiger partial charge on any atom is 0.305 e. The maximum atomic E-state index is 12.5. The van der Waals surface area contributed by atoms with Gasteiger partial charge < -0.3 is 20.3 Å². The number of carbonyl (C=O) groups is 2. The summed E-state index contributed by atoms with van der Waals surface area (Å²) < 4.78 is 5.50. The highest BCUT2D eigenvalue weighted by Crippen LogP contribution is 2.19. The molecule has 0 aliphatic heterocycles. The summed E-state index contributed by atoms with van der Waals surface area (Å²) in [5.74, 6) is -0.0160. The summed E-state index contributed by atoms with van der Waals surface area (Å²) in [7, 11) is 0. The standard InChI is InChI=1S/C66H129NO5/c1-3-5-7-9-11-13-15-16-17-29-33-36-40-44-48-52-56-60-66(71)72-61-57-53-49-45-41-37-34-31-28-26-24-22-20-18-19-21-23-25-27-30-32-35-39-43-47-51-55-59-65(70)67-63(62-68)64(69)58-54-50-46-42-38-14-12-10-8-6-4-2/h16-17,63-64,68-69H,3-15,18-62H2,1-2H3,(H,67,70)/b17-16-. The van der Waals surface area contributed by atoms with Gasteiger partial charge in [-0.05, 0) is 51.4 Å². The highest BCUT2D eigenvalue weighted by Gasteiger charge is 2.20. The highest BCUT2D eigenvalue weighted by atomic mass is 16.5. The third-order valence-electron chi connectivity index (χ3n) is 15.6. The molecule has 2 atom stereocenters. The number of aliphatic hydroxyl groups is 2. The fraction of sp³-hybridized carbons (Fsp3) is 0.939. The number of hydrogen-bond acceptors (Lipinski definition) is 5. The zero-order chi connectivity index (χ0) is 52.2. The lowest BCUT2D eigenvalue weighted by Gasteiger charge is -2.22. The van der Waals surface area contributed by atoms with Crippen molar-refractivity contribution < 1.29 is 24.5 Å². The van der Waals surface area contributed by atoms with Crippen LogP contribution in [0.3, 0.4) is 0 Å². The molecule has 0 saturated heterocycles. The van der Waals surface area contributed by atoms with Gasteiger partial charge in [0, 0.05) is 12.8 Å². The van der Waals surface area contributed by atoms with Crippen LogP contribution in [0.4, 0.5) is 0 Å². The smallest absolute Gasteiger partial charge is 0.305 e. The number of ether oxygens (including phenoxy) is 1. The van der Waals surface area contributed by atoms with Crippen LogP contribution in [0.2, 0.25) is 0 Å². The van der Waals surface area contributed by atoms with E-state index in [9.17, 15) is 19.8 Å². The Morgan fingerprint density at radius 1 is 0.375 bits per heavy atom. The summed E-state index contributed by atoms with van der Waals surface area (Å²) in [6.45, 7) is 4.97. The van der Waals surface area contributed by atoms with E-state index < -0.39 is 12.1 Å². The molecule has 0 aliphatic rings. The fourth-order valence-corrected chi connectivity index (χ4v) is 10.5. The van der Waals surface area contributed by atoms with Gasteiger partial charge in [-0.3, -0.25) is 9.59 Å². The van der Waals surface area contributed by atoms with Gasteiger partial charge in [-0.1, -0.05) is 321 Å². The molecule has 0 bridgehead atoms. The van der Waals surface area contributed by atoms with Gasteiger partial charge in [0.1, 0.15) is 0 Å². The summed E-state index contributed by atoms with van der Waals surface area (Å²) >= 11 is 0. The molecule has 72 heavy (non-hydrogen) atoms. The van der Waals surface area contributed by atoms with Gasteiger partial charge in [0.25, 0.3) is 0 Å². The molecular weight excluding hydrogens is 887 g/mol. The molecule has 0 saturated carbocycles. The Balaban J connectivity index is 3.31. The average Bonchev–Trinajstić information content (AvgIpc) is 3.38. The van der Waals surface area contributed by atoms with Crippen LogP contribution in [0, 0.1) is 0 Å². The van der Waals surface area contributed by atoms with Crippen molar-refractivity contribution in [1.29, 1.82) is 0 Å². The minimum atomic E-state index is -0.660. The molecule has 1 amide bonds. The first-order valence-corrected chi connectivity index (χ1v) is 32.9. The van der Waals surface area contributed by atoms with E-state index in [1.54, 1.807) is 0 Å². The molecule has 0 radical (unpaired) electrons. The van der Waals surface area contributed by atoms with E-state index in [2.05, 4.69) is 31.3 Å². The second-order valence-corrected chi connectivity index (χ2v) is 22.8. The zero-order valence-electron chi connectivity index (χ0n) is 48.9. The third-order valence-corrected chi connectivity index (χ3v) is 15.6. The van der Waals surface area contributed by atoms with Crippen LogP contribution < -0.4 is 5.32 Å². The van der Waals surface area contributed by atoms with Crippen LogP contribution in [-0.2, 0) is 14.3 Å². The molecule has 0 aromatic heterocycles. The SMILES string of the molecule is CCCCCCCC/C=C\CCCCCCCCCC(=O)OCCCCCCCCCCCCCCCCCCCCCCCCCCCCCC(=O)NC(CO)C(O)CCCCCCCCCCCCC. The summed E-state index contributed by atoms with van der Waals surface area (Å²) in [5.41, 5.74) is 0. The van der Waals surface area contributed by atoms with Crippen molar-refractivity contribution in [2.45, 2.75) is 386 Å². The number of rotatable bonds is 62. The topological polar surface area (TPSA) is 95.9 Å². The lowest BCUT2D eigenvalue weighted by Crippen LogP contribution is -2.45. The quantitative estimate of drug-likeness (QED) is 0.0320. The molecule has 6 heteroatoms. The maximum absolute atomic E-state index is 12.5. The second-order valence-electron chi connectivity index (χ2n) is 22.8. The predicted molar refractivity (Wildman–Crippen MR) is 315 cm³/mol. The monoisotopic (exact) mass is 1020 g/mol. The molecule has 0 aromatic carbocycles. The Kier molecular flexibility index (Phi) is 60.9. The van der Waals surface area contributed by atoms with Crippen LogP contribution in [0.5, 0.6) is 0 Å². The van der Waals surface area contributed by atoms with Crippen molar-refractivity contribution >= 4 is 11.9 Å². The minimum Gasteiger partial charge on any atom is -0.466 e. The second kappa shape index (κ2) is 62.1. The first-order valence-electron chi connectivity index (χ1n) is 32.9. The van der Waals surface area contributed by atoms with Gasteiger partial charge in [-0.25, -0.2) is 0 Å². The molecule has 0 heterocycles. The predicted octanol–water partition coefficient (Wildman–Crippen LogP) is 20.8. The lowest BCUT2D eigenvalue weighted by molar-refractivity contribution is -0.143. The fourth-order valence-electron chi connectivity index (χ4n) is 10.5. The Morgan fingerprint density at radius 2 is 0.653 bits per heavy atom. The summed E-state index contributed by atoms with van der Waals surface area (Å²) in [6.07, 6.45) is 75.3. The molecule has 0 spiro atoms. The number of amides is 1. The van der Waals surface area contributed by atoms with Crippen molar-refractivity contribution in [3.05, 3.63) is 12.2 Å². The van der Waals surface area contributed by atoms with E-state index >= 15 is 0 Å². The first-order chi connectivity index (χ1) is 35.5. The number of aliphatic hydroxyl groups excluding tert-OH is 2. The summed E-state index contributed by atoms with van der Waals surface area (Å²) in [4.78, 5) is 24.5. The zero-order valence-corrected chi connectivity index (χ0v) is 48.9. The number of hydrogen-bond donors (Lipinski definition) is 3. The number of unbranched alkanes of at least 4 members (excludes halogenated alkanes) is 49. The molecule has 0 aromatic rings. The summed E-state index contributed by atoms with van der Waals surface area (Å²) in [5, 5.41) is 23.2. The molecule has 3 N–H and O–H groups in total. The highest BCUT2D eigenvalue weighted by molar-refractivity contribution is 5.76. The number of allylic oxidation sites excluding steroid dienone is 2. The van der Waals surface area contributed by atoms with Crippen molar-refractivity contribution in [1.82, 2.24) is 5.32 Å². The molecule has 2 unspecified atom stereocenters. The Bertz CT molecular complexity index is 1080. The van der Waals surface area contributed by atoms with Crippen LogP contribution in [0.1, 0.15) is 373 Å². The van der Waals surface area contributed by atoms with Gasteiger partial charge >= 0.3 is 5.97 Å². The molecule has 6 nitrogen and oxygen atoms in total. The van der Waals surface area contributed by atoms with Crippen LogP contribution in [-0.4, -0.2) is 47.4 Å². The van der Waals surface area contributed by atoms with E-state index in [0.717, 1.165) is 44.9 Å². The summed E-state index contributed by atoms with van der Waals surface area (Å²) in [6, 6.07) is -0.537. The van der Waals surface area contributed by atoms with Crippen LogP contribution in [0.15, 0.2) is 12.2 Å². The molecule has 0 fully saturated rings. The molecule has 0 rings (SSSR count). The van der Waals surface area contributed by atoms with Crippen molar-refractivity contribution in [2.24, 2.45) is 0 Å². The largest absolute Gasteiger partial charge is 0.466 e. The van der Waals surface area contributed by atoms with Crippen molar-refractivity contribution in [3.63, 3.8) is 0 Å². The normalized spacial score (nSPS) is 12.6. The van der Waals surface area contributed by atoms with E-state index in [1.807, 2.05) is 0 Å². The van der Waals surface area contributed by atoms with Gasteiger partial charge in [-0.2, -0.15) is 0 Å². The number of esters is 1. The number of nitrogens with one attached hydrogen (secondary N) is 1. The first kappa shape index (κ1) is 70.6. The van der Waals surface area contributed by atoms with Crippen LogP contribution in [0.25, 0.3) is 0 Å². The van der Waals surface area contributed by atoms with Gasteiger partial charge in [0.05, 0.1) is 25.4 Å². The van der Waals surface area contributed by atoms with Gasteiger partial charge in [-0.15, -0.1) is 0 Å². The Labute approximate surface area is 450 Å². The minimum absolute atomic E-state index is 0.0154. The third kappa shape index (κ3) is 57.9. The van der Waals surface area contributed by atoms with E-state index in [-0.39, 0.29) is 18.5 Å². The van der Waals surface area contributed by atoms with Crippen molar-refractivity contribution in [2.75, 3.05) is 13.2 Å². The van der Waals surface area contributed by atoms with Gasteiger partial charge in [0.2, 0.25) is 5.91 Å². The van der Waals surface area contributed by atoms with E-state index in [4.69, 9.17) is 4.74 Å². The van der Waals surface area contributed by atoms with Gasteiger partial charge in [0.15, 0.2) is 0 Å². The molecule has 428 valence electrons. The number of carbonyl (C=O) groups excluding carboxylic acids is 2. The molecular formula is C66H129NO5.